The summed E-state index contributed by atoms with van der Waals surface area (Å²) in [4.78, 5) is 44.6. The number of carbonyl (C=O) groups is 2. The van der Waals surface area contributed by atoms with Crippen molar-refractivity contribution in [2.75, 3.05) is 13.1 Å². The lowest BCUT2D eigenvalue weighted by atomic mass is 9.72. The number of rotatable bonds is 7. The van der Waals surface area contributed by atoms with Crippen LogP contribution in [0.4, 0.5) is 4.79 Å². The molecular formula is C28H35N5O6. The van der Waals surface area contributed by atoms with E-state index in [4.69, 9.17) is 9.15 Å². The van der Waals surface area contributed by atoms with Gasteiger partial charge < -0.3 is 24.5 Å². The Bertz CT molecular complexity index is 1340. The largest absolute Gasteiger partial charge is 0.502 e. The highest BCUT2D eigenvalue weighted by molar-refractivity contribution is 5.78. The van der Waals surface area contributed by atoms with Crippen LogP contribution in [-0.4, -0.2) is 55.9 Å². The quantitative estimate of drug-likeness (QED) is 0.414. The van der Waals surface area contributed by atoms with Crippen molar-refractivity contribution in [2.24, 2.45) is 0 Å². The Kier molecular flexibility index (Phi) is 8.08. The van der Waals surface area contributed by atoms with Gasteiger partial charge in [0.15, 0.2) is 5.76 Å². The van der Waals surface area contributed by atoms with Crippen molar-refractivity contribution in [3.05, 3.63) is 75.9 Å². The summed E-state index contributed by atoms with van der Waals surface area (Å²) in [6.45, 7) is 7.52. The molecule has 0 saturated carbocycles. The van der Waals surface area contributed by atoms with E-state index in [0.717, 1.165) is 5.56 Å². The van der Waals surface area contributed by atoms with Gasteiger partial charge in [-0.25, -0.2) is 9.78 Å². The Morgan fingerprint density at radius 2 is 1.92 bits per heavy atom. The predicted molar refractivity (Wildman–Crippen MR) is 142 cm³/mol. The highest BCUT2D eigenvalue weighted by Crippen LogP contribution is 2.42. The van der Waals surface area contributed by atoms with E-state index in [1.807, 2.05) is 30.3 Å². The molecule has 2 amide bonds. The van der Waals surface area contributed by atoms with E-state index < -0.39 is 34.3 Å². The Balaban J connectivity index is 1.59. The van der Waals surface area contributed by atoms with E-state index in [9.17, 15) is 19.5 Å². The molecule has 1 atom stereocenters. The fourth-order valence-electron chi connectivity index (χ4n) is 4.89. The molecule has 2 aromatic heterocycles. The Labute approximate surface area is 226 Å². The van der Waals surface area contributed by atoms with Gasteiger partial charge in [-0.1, -0.05) is 30.3 Å². The first-order valence-electron chi connectivity index (χ1n) is 13.0. The zero-order valence-electron chi connectivity index (χ0n) is 22.7. The smallest absolute Gasteiger partial charge is 0.410 e. The molecule has 39 heavy (non-hydrogen) atoms. The van der Waals surface area contributed by atoms with Crippen LogP contribution in [0.2, 0.25) is 0 Å². The number of piperidine rings is 1. The van der Waals surface area contributed by atoms with Gasteiger partial charge in [-0.2, -0.15) is 5.10 Å². The zero-order valence-corrected chi connectivity index (χ0v) is 22.7. The molecule has 11 heteroatoms. The summed E-state index contributed by atoms with van der Waals surface area (Å²) in [5.74, 6) is 0.0549. The summed E-state index contributed by atoms with van der Waals surface area (Å²) in [5, 5.41) is 20.6. The van der Waals surface area contributed by atoms with Crippen molar-refractivity contribution in [1.82, 2.24) is 25.4 Å². The van der Waals surface area contributed by atoms with Crippen LogP contribution in [0.3, 0.4) is 0 Å². The Morgan fingerprint density at radius 1 is 1.23 bits per heavy atom. The maximum absolute atomic E-state index is 13.6. The molecule has 3 heterocycles. The molecule has 0 radical (unpaired) electrons. The molecule has 0 bridgehead atoms. The topological polar surface area (TPSA) is 151 Å². The van der Waals surface area contributed by atoms with E-state index in [-0.39, 0.29) is 44.0 Å². The number of amides is 2. The lowest BCUT2D eigenvalue weighted by Gasteiger charge is -2.41. The van der Waals surface area contributed by atoms with Crippen LogP contribution < -0.4 is 10.7 Å². The van der Waals surface area contributed by atoms with E-state index in [1.165, 1.54) is 12.4 Å². The number of hydrogen-bond acceptors (Lipinski definition) is 8. The normalized spacial score (nSPS) is 15.9. The van der Waals surface area contributed by atoms with Gasteiger partial charge in [-0.05, 0) is 52.5 Å². The van der Waals surface area contributed by atoms with E-state index in [0.29, 0.717) is 18.0 Å². The molecule has 1 unspecified atom stereocenters. The van der Waals surface area contributed by atoms with Gasteiger partial charge in [0.25, 0.3) is 0 Å². The number of H-pyrrole nitrogens is 1. The average Bonchev–Trinajstić information content (AvgIpc) is 3.41. The van der Waals surface area contributed by atoms with E-state index in [2.05, 4.69) is 20.5 Å². The minimum absolute atomic E-state index is 0.0609. The van der Waals surface area contributed by atoms with Crippen LogP contribution in [0.1, 0.15) is 69.0 Å². The summed E-state index contributed by atoms with van der Waals surface area (Å²) in [5.41, 5.74) is -1.24. The predicted octanol–water partition coefficient (Wildman–Crippen LogP) is 3.53. The highest BCUT2D eigenvalue weighted by Gasteiger charge is 2.44. The van der Waals surface area contributed by atoms with Crippen molar-refractivity contribution in [1.29, 1.82) is 0 Å². The van der Waals surface area contributed by atoms with Crippen LogP contribution in [0.25, 0.3) is 0 Å². The first-order valence-corrected chi connectivity index (χ1v) is 13.0. The molecule has 0 aliphatic carbocycles. The number of benzene rings is 1. The molecule has 1 fully saturated rings. The molecule has 3 aromatic rings. The van der Waals surface area contributed by atoms with Gasteiger partial charge in [0.1, 0.15) is 23.5 Å². The van der Waals surface area contributed by atoms with Crippen LogP contribution in [0.5, 0.6) is 5.75 Å². The van der Waals surface area contributed by atoms with Crippen LogP contribution >= 0.6 is 0 Å². The van der Waals surface area contributed by atoms with Gasteiger partial charge in [0, 0.05) is 31.0 Å². The molecule has 11 nitrogen and oxygen atoms in total. The first-order chi connectivity index (χ1) is 18.5. The summed E-state index contributed by atoms with van der Waals surface area (Å²) in [6.07, 6.45) is 1.90. The van der Waals surface area contributed by atoms with Gasteiger partial charge in [-0.15, -0.1) is 0 Å². The highest BCUT2D eigenvalue weighted by atomic mass is 16.6. The molecule has 1 aromatic carbocycles. The molecule has 0 spiro atoms. The summed E-state index contributed by atoms with van der Waals surface area (Å²) < 4.78 is 11.4. The van der Waals surface area contributed by atoms with Crippen LogP contribution in [0, 0.1) is 6.92 Å². The second-order valence-corrected chi connectivity index (χ2v) is 11.0. The second kappa shape index (κ2) is 11.3. The number of aryl methyl sites for hydroxylation is 1. The summed E-state index contributed by atoms with van der Waals surface area (Å²) in [7, 11) is 0. The van der Waals surface area contributed by atoms with Crippen molar-refractivity contribution in [3.63, 3.8) is 0 Å². The molecule has 1 aliphatic heterocycles. The molecule has 1 saturated heterocycles. The van der Waals surface area contributed by atoms with Gasteiger partial charge in [0.05, 0.1) is 6.04 Å². The molecule has 1 aliphatic rings. The van der Waals surface area contributed by atoms with Crippen molar-refractivity contribution in [3.8, 4) is 5.75 Å². The molecule has 4 rings (SSSR count). The standard InChI is InChI=1S/C28H35N5O6/c1-18-14-21(34)23(36)24(38-18)28(10-12-33(13-11-28)26(37)39-27(2,3)4)16-22(35)31-20(25-29-17-30-32-25)15-19-8-6-5-7-9-19/h5-9,14,17,20,36H,10-13,15-16H2,1-4H3,(H,31,35)(H,29,30,32). The van der Waals surface area contributed by atoms with E-state index in [1.54, 1.807) is 32.6 Å². The summed E-state index contributed by atoms with van der Waals surface area (Å²) in [6, 6.07) is 10.4. The van der Waals surface area contributed by atoms with Crippen LogP contribution in [-0.2, 0) is 21.4 Å². The third-order valence-corrected chi connectivity index (χ3v) is 6.78. The number of hydrogen-bond donors (Lipinski definition) is 3. The zero-order chi connectivity index (χ0) is 28.2. The molecule has 208 valence electrons. The molecular weight excluding hydrogens is 502 g/mol. The van der Waals surface area contributed by atoms with E-state index >= 15 is 0 Å². The monoisotopic (exact) mass is 537 g/mol. The lowest BCUT2D eigenvalue weighted by molar-refractivity contribution is -0.124. The Morgan fingerprint density at radius 3 is 2.54 bits per heavy atom. The number of aromatic nitrogens is 3. The third kappa shape index (κ3) is 6.84. The lowest BCUT2D eigenvalue weighted by Crippen LogP contribution is -2.49. The fraction of sp³-hybridized carbons (Fsp3) is 0.464. The number of carbonyl (C=O) groups excluding carboxylic acids is 2. The summed E-state index contributed by atoms with van der Waals surface area (Å²) >= 11 is 0. The Hall–Kier alpha value is -4.15. The van der Waals surface area contributed by atoms with Gasteiger partial charge in [0.2, 0.25) is 17.1 Å². The number of nitrogens with one attached hydrogen (secondary N) is 2. The number of ether oxygens (including phenoxy) is 1. The number of aromatic amines is 1. The van der Waals surface area contributed by atoms with Crippen molar-refractivity contribution in [2.45, 2.75) is 70.4 Å². The second-order valence-electron chi connectivity index (χ2n) is 11.0. The SMILES string of the molecule is Cc1cc(=O)c(O)c(C2(CC(=O)NC(Cc3ccccc3)c3ncn[nH]3)CCN(C(=O)OC(C)(C)C)CC2)o1. The third-order valence-electron chi connectivity index (χ3n) is 6.78. The number of nitrogens with zero attached hydrogens (tertiary/aromatic N) is 3. The maximum Gasteiger partial charge on any atom is 0.410 e. The van der Waals surface area contributed by atoms with Gasteiger partial charge >= 0.3 is 6.09 Å². The minimum atomic E-state index is -1.02. The number of aromatic hydroxyl groups is 1. The van der Waals surface area contributed by atoms with Crippen LogP contribution in [0.15, 0.2) is 51.9 Å². The molecule has 3 N–H and O–H groups in total. The number of likely N-dealkylation sites (tertiary alicyclic amines) is 1. The fourth-order valence-corrected chi connectivity index (χ4v) is 4.89. The van der Waals surface area contributed by atoms with Crippen molar-refractivity contribution < 1.29 is 23.8 Å². The maximum atomic E-state index is 13.6. The first kappa shape index (κ1) is 27.9. The van der Waals surface area contributed by atoms with Gasteiger partial charge in [-0.3, -0.25) is 14.7 Å². The average molecular weight is 538 g/mol. The van der Waals surface area contributed by atoms with Crippen molar-refractivity contribution >= 4 is 12.0 Å². The minimum Gasteiger partial charge on any atom is -0.502 e.